The number of nitrogens with zero attached hydrogens (tertiary/aromatic N) is 2. The fraction of sp³-hybridized carbons (Fsp3) is 0.714. The molecule has 1 amide bonds. The number of amides is 1. The molecule has 0 aromatic carbocycles. The van der Waals surface area contributed by atoms with Crippen LogP contribution in [0.3, 0.4) is 0 Å². The predicted molar refractivity (Wildman–Crippen MR) is 83.4 cm³/mol. The maximum atomic E-state index is 11.8. The molecule has 112 valence electrons. The minimum atomic E-state index is 0.00981. The van der Waals surface area contributed by atoms with Gasteiger partial charge in [0.2, 0.25) is 5.91 Å². The second kappa shape index (κ2) is 7.59. The van der Waals surface area contributed by atoms with Crippen molar-refractivity contribution in [3.8, 4) is 0 Å². The van der Waals surface area contributed by atoms with Crippen molar-refractivity contribution in [3.05, 3.63) is 11.1 Å². The summed E-state index contributed by atoms with van der Waals surface area (Å²) in [7, 11) is 1.86. The molecule has 1 aliphatic heterocycles. The summed E-state index contributed by atoms with van der Waals surface area (Å²) >= 11 is 1.71. The molecule has 0 radical (unpaired) electrons. The van der Waals surface area contributed by atoms with Crippen LogP contribution in [0.2, 0.25) is 0 Å². The lowest BCUT2D eigenvalue weighted by atomic mass is 10.1. The Hall–Kier alpha value is -1.14. The lowest BCUT2D eigenvalue weighted by Gasteiger charge is -2.12. The van der Waals surface area contributed by atoms with Crippen LogP contribution in [0.15, 0.2) is 5.38 Å². The van der Waals surface area contributed by atoms with Crippen molar-refractivity contribution in [2.24, 2.45) is 5.92 Å². The van der Waals surface area contributed by atoms with Gasteiger partial charge in [0.25, 0.3) is 0 Å². The van der Waals surface area contributed by atoms with Crippen molar-refractivity contribution < 1.29 is 4.79 Å². The Morgan fingerprint density at radius 1 is 1.50 bits per heavy atom. The van der Waals surface area contributed by atoms with E-state index in [0.717, 1.165) is 30.3 Å². The zero-order valence-electron chi connectivity index (χ0n) is 12.3. The van der Waals surface area contributed by atoms with E-state index >= 15 is 0 Å². The van der Waals surface area contributed by atoms with Crippen LogP contribution in [0.25, 0.3) is 0 Å². The van der Waals surface area contributed by atoms with Crippen LogP contribution in [0.5, 0.6) is 0 Å². The Balaban J connectivity index is 1.73. The largest absolute Gasteiger partial charge is 0.355 e. The first-order chi connectivity index (χ1) is 9.70. The lowest BCUT2D eigenvalue weighted by Crippen LogP contribution is -2.35. The van der Waals surface area contributed by atoms with Gasteiger partial charge in [0, 0.05) is 43.9 Å². The Morgan fingerprint density at radius 2 is 2.25 bits per heavy atom. The normalized spacial score (nSPS) is 16.4. The van der Waals surface area contributed by atoms with Crippen LogP contribution in [0.4, 0.5) is 5.13 Å². The molecule has 1 unspecified atom stereocenters. The van der Waals surface area contributed by atoms with Gasteiger partial charge in [-0.15, -0.1) is 11.3 Å². The Bertz CT molecular complexity index is 429. The minimum absolute atomic E-state index is 0.00981. The van der Waals surface area contributed by atoms with E-state index in [1.807, 2.05) is 14.0 Å². The third-order valence-corrected chi connectivity index (χ3v) is 4.50. The molecule has 0 aliphatic carbocycles. The average molecular weight is 296 g/mol. The van der Waals surface area contributed by atoms with E-state index in [2.05, 4.69) is 25.9 Å². The molecule has 1 saturated heterocycles. The molecule has 6 heteroatoms. The molecule has 5 nitrogen and oxygen atoms in total. The maximum absolute atomic E-state index is 11.8. The molecule has 1 fully saturated rings. The van der Waals surface area contributed by atoms with Crippen molar-refractivity contribution in [2.75, 3.05) is 38.1 Å². The predicted octanol–water partition coefficient (Wildman–Crippen LogP) is 1.26. The van der Waals surface area contributed by atoms with E-state index in [-0.39, 0.29) is 11.8 Å². The number of carbonyl (C=O) groups is 1. The van der Waals surface area contributed by atoms with Crippen molar-refractivity contribution in [1.29, 1.82) is 0 Å². The van der Waals surface area contributed by atoms with E-state index in [4.69, 9.17) is 0 Å². The van der Waals surface area contributed by atoms with Crippen molar-refractivity contribution in [2.45, 2.75) is 26.2 Å². The summed E-state index contributed by atoms with van der Waals surface area (Å²) in [5.41, 5.74) is 1.08. The highest BCUT2D eigenvalue weighted by Gasteiger charge is 2.16. The molecule has 1 aromatic rings. The van der Waals surface area contributed by atoms with Crippen LogP contribution in [-0.2, 0) is 11.2 Å². The summed E-state index contributed by atoms with van der Waals surface area (Å²) in [6.07, 6.45) is 3.35. The summed E-state index contributed by atoms with van der Waals surface area (Å²) < 4.78 is 0. The molecule has 2 heterocycles. The lowest BCUT2D eigenvalue weighted by molar-refractivity contribution is -0.124. The summed E-state index contributed by atoms with van der Waals surface area (Å²) in [6, 6.07) is 0. The topological polar surface area (TPSA) is 57.3 Å². The van der Waals surface area contributed by atoms with Crippen LogP contribution in [0, 0.1) is 5.92 Å². The summed E-state index contributed by atoms with van der Waals surface area (Å²) in [4.78, 5) is 18.8. The third kappa shape index (κ3) is 4.18. The second-order valence-electron chi connectivity index (χ2n) is 5.32. The number of hydrogen-bond acceptors (Lipinski definition) is 5. The van der Waals surface area contributed by atoms with Gasteiger partial charge in [0.15, 0.2) is 5.13 Å². The molecule has 0 saturated carbocycles. The molecule has 1 atom stereocenters. The van der Waals surface area contributed by atoms with Gasteiger partial charge in [0.05, 0.1) is 5.69 Å². The van der Waals surface area contributed by atoms with E-state index in [9.17, 15) is 4.79 Å². The first kappa shape index (κ1) is 15.3. The quantitative estimate of drug-likeness (QED) is 0.795. The average Bonchev–Trinajstić information content (AvgIpc) is 3.09. The van der Waals surface area contributed by atoms with Crippen molar-refractivity contribution in [3.63, 3.8) is 0 Å². The van der Waals surface area contributed by atoms with Gasteiger partial charge in [-0.1, -0.05) is 6.92 Å². The Kier molecular flexibility index (Phi) is 5.79. The van der Waals surface area contributed by atoms with Crippen molar-refractivity contribution in [1.82, 2.24) is 15.6 Å². The van der Waals surface area contributed by atoms with E-state index in [0.29, 0.717) is 13.1 Å². The number of nitrogens with one attached hydrogen (secondary N) is 2. The number of rotatable bonds is 7. The number of hydrogen-bond donors (Lipinski definition) is 2. The van der Waals surface area contributed by atoms with Crippen LogP contribution < -0.4 is 15.5 Å². The summed E-state index contributed by atoms with van der Waals surface area (Å²) in [5.74, 6) is 0.116. The molecule has 0 spiro atoms. The molecule has 1 aromatic heterocycles. The minimum Gasteiger partial charge on any atom is -0.355 e. The van der Waals surface area contributed by atoms with Crippen LogP contribution >= 0.6 is 11.3 Å². The zero-order valence-corrected chi connectivity index (χ0v) is 13.1. The molecule has 20 heavy (non-hydrogen) atoms. The monoisotopic (exact) mass is 296 g/mol. The van der Waals surface area contributed by atoms with Gasteiger partial charge in [0.1, 0.15) is 0 Å². The Labute approximate surface area is 124 Å². The Morgan fingerprint density at radius 3 is 2.95 bits per heavy atom. The summed E-state index contributed by atoms with van der Waals surface area (Å²) in [6.45, 7) is 5.56. The third-order valence-electron chi connectivity index (χ3n) is 3.55. The molecule has 2 rings (SSSR count). The first-order valence-electron chi connectivity index (χ1n) is 7.32. The highest BCUT2D eigenvalue weighted by molar-refractivity contribution is 7.13. The van der Waals surface area contributed by atoms with E-state index in [1.165, 1.54) is 12.8 Å². The highest BCUT2D eigenvalue weighted by atomic mass is 32.1. The number of anilines is 1. The second-order valence-corrected chi connectivity index (χ2v) is 6.15. The first-order valence-corrected chi connectivity index (χ1v) is 8.20. The fourth-order valence-electron chi connectivity index (χ4n) is 2.35. The van der Waals surface area contributed by atoms with E-state index in [1.54, 1.807) is 11.3 Å². The standard InChI is InChI=1S/C14H24N4OS/c1-11(9-15-2)13(19)16-6-5-12-10-20-14(17-12)18-7-3-4-8-18/h10-11,15H,3-9H2,1-2H3,(H,16,19). The highest BCUT2D eigenvalue weighted by Crippen LogP contribution is 2.24. The van der Waals surface area contributed by atoms with Gasteiger partial charge in [-0.25, -0.2) is 4.98 Å². The number of thiazole rings is 1. The number of aromatic nitrogens is 1. The smallest absolute Gasteiger partial charge is 0.224 e. The van der Waals surface area contributed by atoms with E-state index < -0.39 is 0 Å². The van der Waals surface area contributed by atoms with Gasteiger partial charge in [-0.2, -0.15) is 0 Å². The van der Waals surface area contributed by atoms with Gasteiger partial charge in [-0.05, 0) is 19.9 Å². The van der Waals surface area contributed by atoms with Crippen molar-refractivity contribution >= 4 is 22.4 Å². The molecular formula is C14H24N4OS. The van der Waals surface area contributed by atoms with Crippen LogP contribution in [0.1, 0.15) is 25.5 Å². The molecular weight excluding hydrogens is 272 g/mol. The number of carbonyl (C=O) groups excluding carboxylic acids is 1. The summed E-state index contributed by atoms with van der Waals surface area (Å²) in [5, 5.41) is 9.22. The molecule has 2 N–H and O–H groups in total. The molecule has 1 aliphatic rings. The van der Waals surface area contributed by atoms with Gasteiger partial charge in [-0.3, -0.25) is 4.79 Å². The van der Waals surface area contributed by atoms with Gasteiger partial charge < -0.3 is 15.5 Å². The van der Waals surface area contributed by atoms with Gasteiger partial charge >= 0.3 is 0 Å². The SMILES string of the molecule is CNCC(C)C(=O)NCCc1csc(N2CCCC2)n1. The maximum Gasteiger partial charge on any atom is 0.224 e. The zero-order chi connectivity index (χ0) is 14.4. The molecule has 0 bridgehead atoms. The van der Waals surface area contributed by atoms with Crippen LogP contribution in [-0.4, -0.2) is 44.1 Å². The fourth-order valence-corrected chi connectivity index (χ4v) is 3.27.